The molecule has 0 N–H and O–H groups in total. The van der Waals surface area contributed by atoms with Gasteiger partial charge in [-0.15, -0.1) is 0 Å². The van der Waals surface area contributed by atoms with Crippen LogP contribution in [0.1, 0.15) is 31.4 Å². The molecule has 2 heteroatoms. The van der Waals surface area contributed by atoms with Crippen LogP contribution < -0.4 is 0 Å². The van der Waals surface area contributed by atoms with Crippen molar-refractivity contribution in [1.29, 1.82) is 0 Å². The Morgan fingerprint density at radius 3 is 2.81 bits per heavy atom. The van der Waals surface area contributed by atoms with Gasteiger partial charge in [0.25, 0.3) is 0 Å². The second-order valence-corrected chi connectivity index (χ2v) is 4.71. The molecule has 0 radical (unpaired) electrons. The van der Waals surface area contributed by atoms with Gasteiger partial charge in [0.15, 0.2) is 0 Å². The van der Waals surface area contributed by atoms with Gasteiger partial charge in [0.05, 0.1) is 6.67 Å². The Morgan fingerprint density at radius 1 is 1.38 bits per heavy atom. The van der Waals surface area contributed by atoms with Crippen molar-refractivity contribution >= 4 is 0 Å². The van der Waals surface area contributed by atoms with E-state index < -0.39 is 0 Å². The van der Waals surface area contributed by atoms with E-state index in [0.717, 1.165) is 25.9 Å². The summed E-state index contributed by atoms with van der Waals surface area (Å²) < 4.78 is 12.3. The van der Waals surface area contributed by atoms with E-state index in [9.17, 15) is 4.39 Å². The van der Waals surface area contributed by atoms with Crippen molar-refractivity contribution in [3.63, 3.8) is 0 Å². The summed E-state index contributed by atoms with van der Waals surface area (Å²) in [5.74, 6) is 0.566. The minimum Gasteiger partial charge on any atom is -0.296 e. The van der Waals surface area contributed by atoms with E-state index in [2.05, 4.69) is 36.1 Å². The van der Waals surface area contributed by atoms with Gasteiger partial charge in [-0.05, 0) is 37.8 Å². The summed E-state index contributed by atoms with van der Waals surface area (Å²) in [7, 11) is 0. The van der Waals surface area contributed by atoms with Crippen LogP contribution in [0.3, 0.4) is 0 Å². The van der Waals surface area contributed by atoms with E-state index in [1.807, 2.05) is 6.07 Å². The average molecular weight is 221 g/mol. The molecular weight excluding hydrogens is 201 g/mol. The molecule has 2 rings (SSSR count). The summed E-state index contributed by atoms with van der Waals surface area (Å²) in [5, 5.41) is 0. The van der Waals surface area contributed by atoms with Gasteiger partial charge in [0, 0.05) is 12.6 Å². The Hall–Kier alpha value is -0.890. The van der Waals surface area contributed by atoms with Gasteiger partial charge in [0.2, 0.25) is 0 Å². The Balaban J connectivity index is 1.94. The third-order valence-corrected chi connectivity index (χ3v) is 3.66. The molecule has 0 bridgehead atoms. The molecule has 1 saturated heterocycles. The van der Waals surface area contributed by atoms with E-state index in [-0.39, 0.29) is 6.67 Å². The molecule has 1 aromatic carbocycles. The predicted octanol–water partition coefficient (Wildman–Crippen LogP) is 3.43. The van der Waals surface area contributed by atoms with E-state index in [1.165, 1.54) is 5.56 Å². The first kappa shape index (κ1) is 11.6. The lowest BCUT2D eigenvalue weighted by atomic mass is 10.1. The van der Waals surface area contributed by atoms with Crippen LogP contribution in [0.2, 0.25) is 0 Å². The third-order valence-electron chi connectivity index (χ3n) is 3.66. The maximum atomic E-state index is 12.3. The van der Waals surface area contributed by atoms with Crippen LogP contribution in [0, 0.1) is 5.92 Å². The number of likely N-dealkylation sites (tertiary alicyclic amines) is 1. The number of alkyl halides is 1. The normalized spacial score (nSPS) is 23.5. The first-order chi connectivity index (χ1) is 7.81. The van der Waals surface area contributed by atoms with Crippen LogP contribution in [0.4, 0.5) is 4.39 Å². The van der Waals surface area contributed by atoms with Crippen molar-refractivity contribution < 1.29 is 4.39 Å². The van der Waals surface area contributed by atoms with Crippen molar-refractivity contribution in [2.24, 2.45) is 5.92 Å². The standard InChI is InChI=1S/C14H20FN/c1-12(14-5-3-2-4-6-14)16-10-8-13(11-16)7-9-15/h2-6,12-13H,7-11H2,1H3. The van der Waals surface area contributed by atoms with Crippen LogP contribution in [-0.2, 0) is 0 Å². The summed E-state index contributed by atoms with van der Waals surface area (Å²) in [6.07, 6.45) is 1.89. The number of hydrogen-bond acceptors (Lipinski definition) is 1. The topological polar surface area (TPSA) is 3.24 Å². The minimum absolute atomic E-state index is 0.168. The predicted molar refractivity (Wildman–Crippen MR) is 65.1 cm³/mol. The van der Waals surface area contributed by atoms with E-state index in [1.54, 1.807) is 0 Å². The molecule has 16 heavy (non-hydrogen) atoms. The second kappa shape index (κ2) is 5.44. The lowest BCUT2D eigenvalue weighted by molar-refractivity contribution is 0.247. The summed E-state index contributed by atoms with van der Waals surface area (Å²) in [6, 6.07) is 11.0. The molecule has 88 valence electrons. The van der Waals surface area contributed by atoms with Crippen LogP contribution in [-0.4, -0.2) is 24.7 Å². The Labute approximate surface area is 97.3 Å². The van der Waals surface area contributed by atoms with Crippen molar-refractivity contribution in [2.75, 3.05) is 19.8 Å². The molecule has 1 aliphatic heterocycles. The Morgan fingerprint density at radius 2 is 2.12 bits per heavy atom. The lowest BCUT2D eigenvalue weighted by Gasteiger charge is -2.24. The van der Waals surface area contributed by atoms with Gasteiger partial charge < -0.3 is 0 Å². The SMILES string of the molecule is CC(c1ccccc1)N1CCC(CCF)C1. The van der Waals surface area contributed by atoms with Gasteiger partial charge in [-0.25, -0.2) is 0 Å². The maximum absolute atomic E-state index is 12.3. The lowest BCUT2D eigenvalue weighted by Crippen LogP contribution is -2.24. The van der Waals surface area contributed by atoms with Crippen molar-refractivity contribution in [1.82, 2.24) is 4.90 Å². The van der Waals surface area contributed by atoms with E-state index >= 15 is 0 Å². The molecular formula is C14H20FN. The molecule has 0 spiro atoms. The highest BCUT2D eigenvalue weighted by Crippen LogP contribution is 2.28. The van der Waals surface area contributed by atoms with Crippen molar-refractivity contribution in [3.05, 3.63) is 35.9 Å². The average Bonchev–Trinajstić information content (AvgIpc) is 2.78. The molecule has 1 aromatic rings. The highest BCUT2D eigenvalue weighted by Gasteiger charge is 2.26. The quantitative estimate of drug-likeness (QED) is 0.753. The number of hydrogen-bond donors (Lipinski definition) is 0. The zero-order valence-corrected chi connectivity index (χ0v) is 9.90. The number of rotatable bonds is 4. The molecule has 1 nitrogen and oxygen atoms in total. The summed E-state index contributed by atoms with van der Waals surface area (Å²) in [5.41, 5.74) is 1.36. The second-order valence-electron chi connectivity index (χ2n) is 4.71. The summed E-state index contributed by atoms with van der Waals surface area (Å²) >= 11 is 0. The smallest absolute Gasteiger partial charge is 0.0897 e. The monoisotopic (exact) mass is 221 g/mol. The molecule has 0 aromatic heterocycles. The molecule has 1 fully saturated rings. The van der Waals surface area contributed by atoms with Crippen LogP contribution in [0.25, 0.3) is 0 Å². The molecule has 1 heterocycles. The van der Waals surface area contributed by atoms with Crippen LogP contribution >= 0.6 is 0 Å². The van der Waals surface area contributed by atoms with Crippen LogP contribution in [0.15, 0.2) is 30.3 Å². The minimum atomic E-state index is -0.168. The van der Waals surface area contributed by atoms with Gasteiger partial charge >= 0.3 is 0 Å². The third kappa shape index (κ3) is 2.62. The van der Waals surface area contributed by atoms with Crippen LogP contribution in [0.5, 0.6) is 0 Å². The fourth-order valence-corrected chi connectivity index (χ4v) is 2.55. The van der Waals surface area contributed by atoms with E-state index in [4.69, 9.17) is 0 Å². The van der Waals surface area contributed by atoms with Gasteiger partial charge in [-0.3, -0.25) is 9.29 Å². The first-order valence-electron chi connectivity index (χ1n) is 6.16. The molecule has 2 atom stereocenters. The number of halogens is 1. The fourth-order valence-electron chi connectivity index (χ4n) is 2.55. The summed E-state index contributed by atoms with van der Waals surface area (Å²) in [6.45, 7) is 4.24. The van der Waals surface area contributed by atoms with Gasteiger partial charge in [-0.2, -0.15) is 0 Å². The van der Waals surface area contributed by atoms with Crippen molar-refractivity contribution in [3.8, 4) is 0 Å². The zero-order chi connectivity index (χ0) is 11.4. The van der Waals surface area contributed by atoms with E-state index in [0.29, 0.717) is 12.0 Å². The van der Waals surface area contributed by atoms with Crippen molar-refractivity contribution in [2.45, 2.75) is 25.8 Å². The number of nitrogens with zero attached hydrogens (tertiary/aromatic N) is 1. The Kier molecular flexibility index (Phi) is 3.94. The van der Waals surface area contributed by atoms with Gasteiger partial charge in [-0.1, -0.05) is 30.3 Å². The maximum Gasteiger partial charge on any atom is 0.0897 e. The number of benzene rings is 1. The van der Waals surface area contributed by atoms with Gasteiger partial charge in [0.1, 0.15) is 0 Å². The molecule has 0 amide bonds. The fraction of sp³-hybridized carbons (Fsp3) is 0.571. The molecule has 2 unspecified atom stereocenters. The largest absolute Gasteiger partial charge is 0.296 e. The Bertz CT molecular complexity index is 312. The summed E-state index contributed by atoms with van der Waals surface area (Å²) in [4.78, 5) is 2.47. The highest BCUT2D eigenvalue weighted by molar-refractivity contribution is 5.18. The molecule has 0 saturated carbocycles. The highest BCUT2D eigenvalue weighted by atomic mass is 19.1. The molecule has 0 aliphatic carbocycles. The zero-order valence-electron chi connectivity index (χ0n) is 9.90. The first-order valence-corrected chi connectivity index (χ1v) is 6.16. The molecule has 1 aliphatic rings.